The van der Waals surface area contributed by atoms with Gasteiger partial charge in [0, 0.05) is 22.8 Å². The Labute approximate surface area is 98.2 Å². The molecular weight excluding hydrogens is 212 g/mol. The van der Waals surface area contributed by atoms with Gasteiger partial charge in [-0.15, -0.1) is 0 Å². The first kappa shape index (κ1) is 9.72. The largest absolute Gasteiger partial charge is 0.399 e. The van der Waals surface area contributed by atoms with Crippen LogP contribution in [0.3, 0.4) is 0 Å². The van der Waals surface area contributed by atoms with Gasteiger partial charge >= 0.3 is 0 Å². The van der Waals surface area contributed by atoms with Crippen molar-refractivity contribution >= 4 is 16.7 Å². The zero-order chi connectivity index (χ0) is 11.7. The van der Waals surface area contributed by atoms with Crippen LogP contribution in [-0.4, -0.2) is 15.0 Å². The number of nitrogens with two attached hydrogens (primary N) is 1. The number of fused-ring (bicyclic) bond motifs is 1. The first-order valence-electron chi connectivity index (χ1n) is 5.25. The monoisotopic (exact) mass is 222 g/mol. The van der Waals surface area contributed by atoms with Crippen LogP contribution in [0.15, 0.2) is 48.9 Å². The predicted octanol–water partition coefficient (Wildman–Crippen LogP) is 2.27. The summed E-state index contributed by atoms with van der Waals surface area (Å²) in [5.74, 6) is 0. The Morgan fingerprint density at radius 2 is 1.76 bits per heavy atom. The second-order valence-corrected chi connectivity index (χ2v) is 3.75. The van der Waals surface area contributed by atoms with Gasteiger partial charge in [0.15, 0.2) is 5.65 Å². The lowest BCUT2D eigenvalue weighted by Crippen LogP contribution is -1.89. The van der Waals surface area contributed by atoms with Crippen LogP contribution in [0.1, 0.15) is 0 Å². The van der Waals surface area contributed by atoms with Gasteiger partial charge in [0.1, 0.15) is 6.33 Å². The number of nitrogen functional groups attached to an aromatic ring is 1. The summed E-state index contributed by atoms with van der Waals surface area (Å²) in [5.41, 5.74) is 9.02. The van der Waals surface area contributed by atoms with Gasteiger partial charge in [-0.1, -0.05) is 12.1 Å². The fourth-order valence-corrected chi connectivity index (χ4v) is 1.68. The average Bonchev–Trinajstić information content (AvgIpc) is 2.39. The zero-order valence-electron chi connectivity index (χ0n) is 9.04. The van der Waals surface area contributed by atoms with Gasteiger partial charge in [0.05, 0.1) is 5.69 Å². The molecule has 2 heterocycles. The van der Waals surface area contributed by atoms with Crippen molar-refractivity contribution in [2.45, 2.75) is 0 Å². The van der Waals surface area contributed by atoms with E-state index < -0.39 is 0 Å². The molecule has 2 aromatic heterocycles. The Kier molecular flexibility index (Phi) is 2.19. The highest BCUT2D eigenvalue weighted by atomic mass is 14.9. The second kappa shape index (κ2) is 3.83. The molecule has 17 heavy (non-hydrogen) atoms. The number of benzene rings is 1. The van der Waals surface area contributed by atoms with E-state index in [0.29, 0.717) is 5.65 Å². The standard InChI is InChI=1S/C13H10N4/c14-11-4-1-9(2-5-11)12-6-3-10-7-15-8-16-13(10)17-12/h1-8H,14H2. The van der Waals surface area contributed by atoms with E-state index in [1.807, 2.05) is 36.4 Å². The van der Waals surface area contributed by atoms with Crippen LogP contribution in [0.25, 0.3) is 22.3 Å². The summed E-state index contributed by atoms with van der Waals surface area (Å²) < 4.78 is 0. The van der Waals surface area contributed by atoms with Crippen molar-refractivity contribution in [2.24, 2.45) is 0 Å². The molecule has 0 fully saturated rings. The number of nitrogens with zero attached hydrogens (tertiary/aromatic N) is 3. The van der Waals surface area contributed by atoms with Gasteiger partial charge in [0.25, 0.3) is 0 Å². The zero-order valence-corrected chi connectivity index (χ0v) is 9.04. The fourth-order valence-electron chi connectivity index (χ4n) is 1.68. The third kappa shape index (κ3) is 1.80. The minimum Gasteiger partial charge on any atom is -0.399 e. The first-order valence-corrected chi connectivity index (χ1v) is 5.25. The highest BCUT2D eigenvalue weighted by Gasteiger charge is 2.01. The molecule has 0 aliphatic heterocycles. The molecule has 82 valence electrons. The van der Waals surface area contributed by atoms with E-state index in [-0.39, 0.29) is 0 Å². The van der Waals surface area contributed by atoms with Crippen molar-refractivity contribution in [2.75, 3.05) is 5.73 Å². The predicted molar refractivity (Wildman–Crippen MR) is 67.2 cm³/mol. The smallest absolute Gasteiger partial charge is 0.163 e. The number of anilines is 1. The van der Waals surface area contributed by atoms with Crippen LogP contribution in [-0.2, 0) is 0 Å². The van der Waals surface area contributed by atoms with Gasteiger partial charge in [-0.2, -0.15) is 0 Å². The van der Waals surface area contributed by atoms with E-state index in [1.165, 1.54) is 6.33 Å². The number of pyridine rings is 1. The number of rotatable bonds is 1. The lowest BCUT2D eigenvalue weighted by atomic mass is 10.1. The van der Waals surface area contributed by atoms with Gasteiger partial charge in [-0.25, -0.2) is 15.0 Å². The van der Waals surface area contributed by atoms with Crippen molar-refractivity contribution in [1.82, 2.24) is 15.0 Å². The summed E-state index contributed by atoms with van der Waals surface area (Å²) in [7, 11) is 0. The maximum Gasteiger partial charge on any atom is 0.163 e. The Bertz CT molecular complexity index is 662. The Morgan fingerprint density at radius 3 is 2.59 bits per heavy atom. The van der Waals surface area contributed by atoms with Crippen LogP contribution < -0.4 is 5.73 Å². The van der Waals surface area contributed by atoms with Crippen LogP contribution in [0.5, 0.6) is 0 Å². The second-order valence-electron chi connectivity index (χ2n) is 3.75. The minimum atomic E-state index is 0.703. The first-order chi connectivity index (χ1) is 8.33. The van der Waals surface area contributed by atoms with Crippen molar-refractivity contribution in [3.63, 3.8) is 0 Å². The third-order valence-electron chi connectivity index (χ3n) is 2.57. The van der Waals surface area contributed by atoms with E-state index in [4.69, 9.17) is 5.73 Å². The Balaban J connectivity index is 2.14. The molecule has 0 atom stereocenters. The van der Waals surface area contributed by atoms with Crippen molar-refractivity contribution in [1.29, 1.82) is 0 Å². The third-order valence-corrected chi connectivity index (χ3v) is 2.57. The molecule has 4 heteroatoms. The molecule has 2 N–H and O–H groups in total. The molecule has 4 nitrogen and oxygen atoms in total. The van der Waals surface area contributed by atoms with E-state index >= 15 is 0 Å². The highest BCUT2D eigenvalue weighted by Crippen LogP contribution is 2.20. The average molecular weight is 222 g/mol. The molecule has 3 aromatic rings. The SMILES string of the molecule is Nc1ccc(-c2ccc3cncnc3n2)cc1. The topological polar surface area (TPSA) is 64.7 Å². The Morgan fingerprint density at radius 1 is 0.941 bits per heavy atom. The van der Waals surface area contributed by atoms with Crippen molar-refractivity contribution in [3.8, 4) is 11.3 Å². The van der Waals surface area contributed by atoms with Crippen molar-refractivity contribution < 1.29 is 0 Å². The van der Waals surface area contributed by atoms with Crippen LogP contribution in [0.2, 0.25) is 0 Å². The molecule has 0 saturated carbocycles. The molecular formula is C13H10N4. The molecule has 0 unspecified atom stereocenters. The number of hydrogen-bond donors (Lipinski definition) is 1. The summed E-state index contributed by atoms with van der Waals surface area (Å²) in [6.07, 6.45) is 3.25. The lowest BCUT2D eigenvalue weighted by Gasteiger charge is -2.02. The number of aromatic nitrogens is 3. The van der Waals surface area contributed by atoms with Crippen LogP contribution in [0.4, 0.5) is 5.69 Å². The quantitative estimate of drug-likeness (QED) is 0.641. The number of hydrogen-bond acceptors (Lipinski definition) is 4. The van der Waals surface area contributed by atoms with E-state index in [2.05, 4.69) is 15.0 Å². The summed E-state index contributed by atoms with van der Waals surface area (Å²) in [6, 6.07) is 11.5. The molecule has 0 amide bonds. The molecule has 3 rings (SSSR count). The van der Waals surface area contributed by atoms with Crippen molar-refractivity contribution in [3.05, 3.63) is 48.9 Å². The van der Waals surface area contributed by atoms with Crippen LogP contribution in [0, 0.1) is 0 Å². The lowest BCUT2D eigenvalue weighted by molar-refractivity contribution is 1.18. The van der Waals surface area contributed by atoms with E-state index in [9.17, 15) is 0 Å². The van der Waals surface area contributed by atoms with E-state index in [0.717, 1.165) is 22.3 Å². The minimum absolute atomic E-state index is 0.703. The highest BCUT2D eigenvalue weighted by molar-refractivity contribution is 5.77. The van der Waals surface area contributed by atoms with Crippen LogP contribution >= 0.6 is 0 Å². The van der Waals surface area contributed by atoms with Gasteiger partial charge in [-0.05, 0) is 24.3 Å². The van der Waals surface area contributed by atoms with E-state index in [1.54, 1.807) is 6.20 Å². The molecule has 0 aliphatic rings. The normalized spacial score (nSPS) is 10.6. The van der Waals surface area contributed by atoms with Gasteiger partial charge in [0.2, 0.25) is 0 Å². The molecule has 0 spiro atoms. The summed E-state index contributed by atoms with van der Waals surface area (Å²) >= 11 is 0. The molecule has 0 radical (unpaired) electrons. The summed E-state index contributed by atoms with van der Waals surface area (Å²) in [6.45, 7) is 0. The van der Waals surface area contributed by atoms with Gasteiger partial charge in [-0.3, -0.25) is 0 Å². The van der Waals surface area contributed by atoms with Gasteiger partial charge < -0.3 is 5.73 Å². The summed E-state index contributed by atoms with van der Waals surface area (Å²) in [4.78, 5) is 12.6. The molecule has 0 bridgehead atoms. The Hall–Kier alpha value is -2.49. The molecule has 1 aromatic carbocycles. The maximum absolute atomic E-state index is 5.65. The molecule has 0 saturated heterocycles. The fraction of sp³-hybridized carbons (Fsp3) is 0. The maximum atomic E-state index is 5.65. The summed E-state index contributed by atoms with van der Waals surface area (Å²) in [5, 5.41) is 0.937. The molecule has 0 aliphatic carbocycles.